The molecule has 62 heavy (non-hydrogen) atoms. The number of hydrogen-bond acceptors (Lipinski definition) is 1. The lowest BCUT2D eigenvalue weighted by Gasteiger charge is -2.31. The number of hydrogen-bond donors (Lipinski definition) is 0. The van der Waals surface area contributed by atoms with Crippen LogP contribution in [0.2, 0.25) is 0 Å². The third-order valence-electron chi connectivity index (χ3n) is 13.7. The molecule has 1 heteroatoms. The van der Waals surface area contributed by atoms with E-state index in [0.717, 1.165) is 17.1 Å². The lowest BCUT2D eigenvalue weighted by Crippen LogP contribution is -2.26. The summed E-state index contributed by atoms with van der Waals surface area (Å²) in [5, 5.41) is 7.80. The van der Waals surface area contributed by atoms with Gasteiger partial charge in [0.1, 0.15) is 0 Å². The fraction of sp³-hybridized carbons (Fsp3) is 0.0164. The number of fused-ring (bicyclic) bond motifs is 16. The van der Waals surface area contributed by atoms with Gasteiger partial charge >= 0.3 is 0 Å². The van der Waals surface area contributed by atoms with E-state index in [4.69, 9.17) is 0 Å². The topological polar surface area (TPSA) is 3.24 Å². The second-order valence-electron chi connectivity index (χ2n) is 16.8. The van der Waals surface area contributed by atoms with Crippen LogP contribution in [0.25, 0.3) is 76.8 Å². The zero-order valence-corrected chi connectivity index (χ0v) is 34.0. The molecule has 11 aromatic carbocycles. The monoisotopic (exact) mass is 785 g/mol. The Bertz CT molecular complexity index is 3470. The summed E-state index contributed by atoms with van der Waals surface area (Å²) in [5.74, 6) is 0. The maximum atomic E-state index is 2.55. The van der Waals surface area contributed by atoms with Gasteiger partial charge in [0.25, 0.3) is 0 Å². The lowest BCUT2D eigenvalue weighted by atomic mass is 9.70. The predicted molar refractivity (Wildman–Crippen MR) is 261 cm³/mol. The Morgan fingerprint density at radius 3 is 1.11 bits per heavy atom. The van der Waals surface area contributed by atoms with Crippen molar-refractivity contribution in [1.29, 1.82) is 0 Å². The third-order valence-corrected chi connectivity index (χ3v) is 13.7. The van der Waals surface area contributed by atoms with E-state index in [1.165, 1.54) is 99.1 Å². The van der Waals surface area contributed by atoms with Crippen LogP contribution in [-0.4, -0.2) is 0 Å². The molecule has 0 amide bonds. The molecule has 0 N–H and O–H groups in total. The van der Waals surface area contributed by atoms with Gasteiger partial charge in [-0.15, -0.1) is 0 Å². The van der Waals surface area contributed by atoms with E-state index in [-0.39, 0.29) is 0 Å². The second-order valence-corrected chi connectivity index (χ2v) is 16.8. The van der Waals surface area contributed by atoms with Crippen LogP contribution >= 0.6 is 0 Å². The van der Waals surface area contributed by atoms with E-state index in [1.54, 1.807) is 0 Å². The Morgan fingerprint density at radius 1 is 0.226 bits per heavy atom. The van der Waals surface area contributed by atoms with Gasteiger partial charge in [-0.05, 0) is 148 Å². The molecule has 0 aromatic heterocycles. The standard InChI is InChI=1S/C61H39N/c1-3-15-40(16-4-1)42-27-31-44(32-28-42)62(45-33-29-43(30-34-45)41-17-5-2-6-18-41)46-35-36-59-55(37-46)51-23-11-13-25-57(51)61(59)58-26-14-12-24-52(58)56-38-53-49-21-9-7-19-47(49)48-20-8-10-22-50(48)54(53)39-60(56)61/h1-39H. The molecule has 0 fully saturated rings. The molecule has 1 unspecified atom stereocenters. The SMILES string of the molecule is c1ccc(-c2ccc(N(c3ccc(-c4ccccc4)cc3)c3ccc4c(c3)-c3ccccc3C43c4ccccc4-c4cc5c6ccccc6c6ccccc6c5cc43)cc2)cc1. The van der Waals surface area contributed by atoms with Crippen LogP contribution < -0.4 is 4.90 Å². The Balaban J connectivity index is 1.04. The molecule has 13 rings (SSSR count). The molecule has 1 atom stereocenters. The van der Waals surface area contributed by atoms with E-state index >= 15 is 0 Å². The Hall–Kier alpha value is -8.00. The van der Waals surface area contributed by atoms with Gasteiger partial charge in [-0.3, -0.25) is 0 Å². The first-order chi connectivity index (χ1) is 30.8. The summed E-state index contributed by atoms with van der Waals surface area (Å²) in [7, 11) is 0. The van der Waals surface area contributed by atoms with Gasteiger partial charge in [0.05, 0.1) is 5.41 Å². The van der Waals surface area contributed by atoms with Crippen molar-refractivity contribution >= 4 is 49.4 Å². The summed E-state index contributed by atoms with van der Waals surface area (Å²) < 4.78 is 0. The molecule has 2 aliphatic rings. The third kappa shape index (κ3) is 4.97. The highest BCUT2D eigenvalue weighted by molar-refractivity contribution is 6.26. The molecule has 11 aromatic rings. The van der Waals surface area contributed by atoms with Crippen LogP contribution in [-0.2, 0) is 5.41 Å². The van der Waals surface area contributed by atoms with Crippen molar-refractivity contribution in [2.75, 3.05) is 4.90 Å². The second kappa shape index (κ2) is 13.5. The zero-order valence-electron chi connectivity index (χ0n) is 34.0. The quantitative estimate of drug-likeness (QED) is 0.157. The minimum atomic E-state index is -0.475. The summed E-state index contributed by atoms with van der Waals surface area (Å²) in [4.78, 5) is 2.42. The lowest BCUT2D eigenvalue weighted by molar-refractivity contribution is 0.795. The Morgan fingerprint density at radius 2 is 0.597 bits per heavy atom. The molecule has 0 aliphatic heterocycles. The van der Waals surface area contributed by atoms with Crippen molar-refractivity contribution in [3.05, 3.63) is 259 Å². The van der Waals surface area contributed by atoms with E-state index in [2.05, 4.69) is 241 Å². The smallest absolute Gasteiger partial charge is 0.0725 e. The van der Waals surface area contributed by atoms with Crippen molar-refractivity contribution in [1.82, 2.24) is 0 Å². The van der Waals surface area contributed by atoms with Crippen molar-refractivity contribution < 1.29 is 0 Å². The molecule has 288 valence electrons. The summed E-state index contributed by atoms with van der Waals surface area (Å²) >= 11 is 0. The number of rotatable bonds is 5. The highest BCUT2D eigenvalue weighted by Crippen LogP contribution is 2.64. The van der Waals surface area contributed by atoms with Gasteiger partial charge in [0, 0.05) is 17.1 Å². The summed E-state index contributed by atoms with van der Waals surface area (Å²) in [5.41, 5.74) is 18.3. The summed E-state index contributed by atoms with van der Waals surface area (Å²) in [6, 6.07) is 87.8. The normalized spacial score (nSPS) is 14.5. The molecule has 0 saturated carbocycles. The van der Waals surface area contributed by atoms with Gasteiger partial charge in [0.2, 0.25) is 0 Å². The average Bonchev–Trinajstić information content (AvgIpc) is 3.81. The van der Waals surface area contributed by atoms with Crippen LogP contribution in [0.1, 0.15) is 22.3 Å². The van der Waals surface area contributed by atoms with Crippen molar-refractivity contribution in [3.8, 4) is 44.5 Å². The van der Waals surface area contributed by atoms with Gasteiger partial charge in [-0.1, -0.05) is 188 Å². The van der Waals surface area contributed by atoms with Crippen LogP contribution in [0, 0.1) is 0 Å². The average molecular weight is 786 g/mol. The molecule has 0 heterocycles. The number of benzene rings is 11. The minimum absolute atomic E-state index is 0.475. The van der Waals surface area contributed by atoms with Crippen LogP contribution in [0.5, 0.6) is 0 Å². The Kier molecular flexibility index (Phi) is 7.59. The molecular weight excluding hydrogens is 747 g/mol. The fourth-order valence-corrected chi connectivity index (χ4v) is 11.0. The first kappa shape index (κ1) is 34.8. The van der Waals surface area contributed by atoms with Crippen LogP contribution in [0.4, 0.5) is 17.1 Å². The number of anilines is 3. The van der Waals surface area contributed by atoms with Crippen molar-refractivity contribution in [2.45, 2.75) is 5.41 Å². The molecule has 0 bridgehead atoms. The van der Waals surface area contributed by atoms with Gasteiger partial charge in [-0.25, -0.2) is 0 Å². The molecule has 0 radical (unpaired) electrons. The summed E-state index contributed by atoms with van der Waals surface area (Å²) in [6.07, 6.45) is 0. The largest absolute Gasteiger partial charge is 0.310 e. The van der Waals surface area contributed by atoms with Crippen LogP contribution in [0.3, 0.4) is 0 Å². The van der Waals surface area contributed by atoms with Crippen molar-refractivity contribution in [2.24, 2.45) is 0 Å². The summed E-state index contributed by atoms with van der Waals surface area (Å²) in [6.45, 7) is 0. The van der Waals surface area contributed by atoms with E-state index in [1.807, 2.05) is 0 Å². The Labute approximate surface area is 361 Å². The van der Waals surface area contributed by atoms with Gasteiger partial charge in [-0.2, -0.15) is 0 Å². The molecule has 2 aliphatic carbocycles. The number of nitrogens with zero attached hydrogens (tertiary/aromatic N) is 1. The van der Waals surface area contributed by atoms with Gasteiger partial charge in [0.15, 0.2) is 0 Å². The highest BCUT2D eigenvalue weighted by Gasteiger charge is 2.52. The van der Waals surface area contributed by atoms with E-state index < -0.39 is 5.41 Å². The first-order valence-electron chi connectivity index (χ1n) is 21.6. The first-order valence-corrected chi connectivity index (χ1v) is 21.6. The maximum Gasteiger partial charge on any atom is 0.0725 e. The van der Waals surface area contributed by atoms with Crippen LogP contribution in [0.15, 0.2) is 237 Å². The minimum Gasteiger partial charge on any atom is -0.310 e. The molecular formula is C61H39N. The maximum absolute atomic E-state index is 2.55. The predicted octanol–water partition coefficient (Wildman–Crippen LogP) is 16.3. The van der Waals surface area contributed by atoms with E-state index in [0.29, 0.717) is 0 Å². The molecule has 1 nitrogen and oxygen atoms in total. The highest BCUT2D eigenvalue weighted by atomic mass is 15.1. The van der Waals surface area contributed by atoms with Gasteiger partial charge < -0.3 is 4.90 Å². The molecule has 0 saturated heterocycles. The molecule has 1 spiro atoms. The van der Waals surface area contributed by atoms with E-state index in [9.17, 15) is 0 Å². The van der Waals surface area contributed by atoms with Crippen molar-refractivity contribution in [3.63, 3.8) is 0 Å². The fourth-order valence-electron chi connectivity index (χ4n) is 11.0. The zero-order chi connectivity index (χ0) is 40.8.